The number of halogens is 1. The van der Waals surface area contributed by atoms with Crippen LogP contribution in [0.2, 0.25) is 5.02 Å². The molecule has 3 rings (SSSR count). The Morgan fingerprint density at radius 3 is 2.54 bits per heavy atom. The summed E-state index contributed by atoms with van der Waals surface area (Å²) in [5.74, 6) is 0.170. The van der Waals surface area contributed by atoms with Crippen molar-refractivity contribution in [3.63, 3.8) is 0 Å². The zero-order chi connectivity index (χ0) is 20.1. The first kappa shape index (κ1) is 19.7. The quantitative estimate of drug-likeness (QED) is 0.575. The first-order valence-corrected chi connectivity index (χ1v) is 9.11. The minimum Gasteiger partial charge on any atom is -0.454 e. The molecule has 1 atom stereocenters. The lowest BCUT2D eigenvalue weighted by Crippen LogP contribution is -2.48. The van der Waals surface area contributed by atoms with Gasteiger partial charge in [0.25, 0.3) is 11.8 Å². The van der Waals surface area contributed by atoms with Crippen molar-refractivity contribution in [2.45, 2.75) is 19.9 Å². The molecule has 1 aliphatic heterocycles. The largest absolute Gasteiger partial charge is 0.454 e. The molecular formula is C20H20ClN3O4. The average molecular weight is 402 g/mol. The predicted octanol–water partition coefficient (Wildman–Crippen LogP) is 2.97. The SMILES string of the molecule is CC(C)C(NC(=O)c1ccc2c(c1)OCO2)C(=O)N/N=C/c1ccc(Cl)cc1. The predicted molar refractivity (Wildman–Crippen MR) is 106 cm³/mol. The summed E-state index contributed by atoms with van der Waals surface area (Å²) in [6, 6.07) is 11.1. The Labute approximate surface area is 167 Å². The molecule has 1 unspecified atom stereocenters. The fraction of sp³-hybridized carbons (Fsp3) is 0.250. The molecule has 0 aliphatic carbocycles. The average Bonchev–Trinajstić information content (AvgIpc) is 3.14. The zero-order valence-electron chi connectivity index (χ0n) is 15.4. The van der Waals surface area contributed by atoms with Gasteiger partial charge >= 0.3 is 0 Å². The molecule has 0 aromatic heterocycles. The highest BCUT2D eigenvalue weighted by Crippen LogP contribution is 2.32. The van der Waals surface area contributed by atoms with Crippen LogP contribution in [0.1, 0.15) is 29.8 Å². The monoisotopic (exact) mass is 401 g/mol. The van der Waals surface area contributed by atoms with Crippen molar-refractivity contribution in [2.24, 2.45) is 11.0 Å². The Balaban J connectivity index is 1.62. The van der Waals surface area contributed by atoms with E-state index in [0.717, 1.165) is 5.56 Å². The van der Waals surface area contributed by atoms with Gasteiger partial charge in [-0.3, -0.25) is 9.59 Å². The van der Waals surface area contributed by atoms with Gasteiger partial charge in [-0.1, -0.05) is 37.6 Å². The lowest BCUT2D eigenvalue weighted by atomic mass is 10.0. The fourth-order valence-corrected chi connectivity index (χ4v) is 2.71. The maximum atomic E-state index is 12.6. The molecule has 0 fully saturated rings. The number of amides is 2. The van der Waals surface area contributed by atoms with E-state index in [-0.39, 0.29) is 18.6 Å². The summed E-state index contributed by atoms with van der Waals surface area (Å²) < 4.78 is 10.5. The molecule has 0 radical (unpaired) electrons. The van der Waals surface area contributed by atoms with Gasteiger partial charge in [0.15, 0.2) is 11.5 Å². The zero-order valence-corrected chi connectivity index (χ0v) is 16.2. The molecule has 0 saturated carbocycles. The van der Waals surface area contributed by atoms with Crippen molar-refractivity contribution < 1.29 is 19.1 Å². The standard InChI is InChI=1S/C20H20ClN3O4/c1-12(2)18(20(26)24-22-10-13-3-6-15(21)7-4-13)23-19(25)14-5-8-16-17(9-14)28-11-27-16/h3-10,12,18H,11H2,1-2H3,(H,23,25)(H,24,26)/b22-10+. The Hall–Kier alpha value is -3.06. The number of carbonyl (C=O) groups is 2. The molecule has 2 amide bonds. The first-order chi connectivity index (χ1) is 13.4. The van der Waals surface area contributed by atoms with Crippen LogP contribution in [0.25, 0.3) is 0 Å². The van der Waals surface area contributed by atoms with Crippen LogP contribution in [0.15, 0.2) is 47.6 Å². The summed E-state index contributed by atoms with van der Waals surface area (Å²) in [6.07, 6.45) is 1.51. The molecule has 0 bridgehead atoms. The molecule has 2 aromatic carbocycles. The van der Waals surface area contributed by atoms with Crippen LogP contribution < -0.4 is 20.2 Å². The number of ether oxygens (including phenoxy) is 2. The molecule has 2 aromatic rings. The van der Waals surface area contributed by atoms with Gasteiger partial charge in [-0.05, 0) is 41.8 Å². The van der Waals surface area contributed by atoms with Crippen LogP contribution >= 0.6 is 11.6 Å². The van der Waals surface area contributed by atoms with Crippen molar-refractivity contribution >= 4 is 29.6 Å². The van der Waals surface area contributed by atoms with Crippen molar-refractivity contribution in [3.05, 3.63) is 58.6 Å². The maximum absolute atomic E-state index is 12.6. The van der Waals surface area contributed by atoms with Gasteiger partial charge in [0, 0.05) is 10.6 Å². The second kappa shape index (κ2) is 8.75. The lowest BCUT2D eigenvalue weighted by Gasteiger charge is -2.20. The second-order valence-electron chi connectivity index (χ2n) is 6.55. The molecule has 0 saturated heterocycles. The van der Waals surface area contributed by atoms with Crippen LogP contribution in [0, 0.1) is 5.92 Å². The molecule has 146 valence electrons. The molecule has 1 heterocycles. The number of hydrazone groups is 1. The minimum atomic E-state index is -0.750. The van der Waals surface area contributed by atoms with E-state index in [0.29, 0.717) is 22.1 Å². The number of benzene rings is 2. The van der Waals surface area contributed by atoms with Gasteiger partial charge in [-0.25, -0.2) is 5.43 Å². The Morgan fingerprint density at radius 1 is 1.11 bits per heavy atom. The van der Waals surface area contributed by atoms with E-state index in [1.54, 1.807) is 42.5 Å². The fourth-order valence-electron chi connectivity index (χ4n) is 2.59. The summed E-state index contributed by atoms with van der Waals surface area (Å²) in [6.45, 7) is 3.81. The van der Waals surface area contributed by atoms with Gasteiger partial charge in [-0.2, -0.15) is 5.10 Å². The third kappa shape index (κ3) is 4.80. The summed E-state index contributed by atoms with van der Waals surface area (Å²) in [4.78, 5) is 25.0. The van der Waals surface area contributed by atoms with Crippen LogP contribution in [-0.4, -0.2) is 30.9 Å². The molecule has 2 N–H and O–H groups in total. The molecule has 7 nitrogen and oxygen atoms in total. The summed E-state index contributed by atoms with van der Waals surface area (Å²) in [5, 5.41) is 7.31. The highest BCUT2D eigenvalue weighted by Gasteiger charge is 2.25. The molecule has 28 heavy (non-hydrogen) atoms. The summed E-state index contributed by atoms with van der Waals surface area (Å²) in [7, 11) is 0. The first-order valence-electron chi connectivity index (χ1n) is 8.73. The number of hydrogen-bond acceptors (Lipinski definition) is 5. The third-order valence-electron chi connectivity index (χ3n) is 4.13. The molecular weight excluding hydrogens is 382 g/mol. The highest BCUT2D eigenvalue weighted by molar-refractivity contribution is 6.30. The van der Waals surface area contributed by atoms with Crippen molar-refractivity contribution in [3.8, 4) is 11.5 Å². The molecule has 8 heteroatoms. The summed E-state index contributed by atoms with van der Waals surface area (Å²) >= 11 is 5.83. The normalized spacial score (nSPS) is 13.6. The van der Waals surface area contributed by atoms with Crippen LogP contribution in [0.5, 0.6) is 11.5 Å². The third-order valence-corrected chi connectivity index (χ3v) is 4.38. The van der Waals surface area contributed by atoms with Gasteiger partial charge < -0.3 is 14.8 Å². The second-order valence-corrected chi connectivity index (χ2v) is 6.99. The van der Waals surface area contributed by atoms with Gasteiger partial charge in [0.1, 0.15) is 6.04 Å². The Morgan fingerprint density at radius 2 is 1.82 bits per heavy atom. The smallest absolute Gasteiger partial charge is 0.262 e. The number of hydrogen-bond donors (Lipinski definition) is 2. The van der Waals surface area contributed by atoms with E-state index in [4.69, 9.17) is 21.1 Å². The van der Waals surface area contributed by atoms with Gasteiger partial charge in [-0.15, -0.1) is 0 Å². The minimum absolute atomic E-state index is 0.128. The number of nitrogens with zero attached hydrogens (tertiary/aromatic N) is 1. The van der Waals surface area contributed by atoms with E-state index in [9.17, 15) is 9.59 Å². The number of fused-ring (bicyclic) bond motifs is 1. The Bertz CT molecular complexity index is 897. The molecule has 0 spiro atoms. The van der Waals surface area contributed by atoms with Crippen LogP contribution in [0.4, 0.5) is 0 Å². The van der Waals surface area contributed by atoms with E-state index in [1.165, 1.54) is 6.21 Å². The number of nitrogens with one attached hydrogen (secondary N) is 2. The van der Waals surface area contributed by atoms with Gasteiger partial charge in [0.05, 0.1) is 6.21 Å². The number of rotatable bonds is 6. The van der Waals surface area contributed by atoms with E-state index in [2.05, 4.69) is 15.8 Å². The topological polar surface area (TPSA) is 89.0 Å². The Kier molecular flexibility index (Phi) is 6.16. The lowest BCUT2D eigenvalue weighted by molar-refractivity contribution is -0.123. The van der Waals surface area contributed by atoms with Crippen LogP contribution in [0.3, 0.4) is 0 Å². The van der Waals surface area contributed by atoms with E-state index >= 15 is 0 Å². The van der Waals surface area contributed by atoms with Crippen LogP contribution in [-0.2, 0) is 4.79 Å². The van der Waals surface area contributed by atoms with Crippen molar-refractivity contribution in [1.82, 2.24) is 10.7 Å². The van der Waals surface area contributed by atoms with Gasteiger partial charge in [0.2, 0.25) is 6.79 Å². The maximum Gasteiger partial charge on any atom is 0.262 e. The van der Waals surface area contributed by atoms with E-state index in [1.807, 2.05) is 13.8 Å². The van der Waals surface area contributed by atoms with E-state index < -0.39 is 11.9 Å². The van der Waals surface area contributed by atoms with Crippen molar-refractivity contribution in [2.75, 3.05) is 6.79 Å². The number of carbonyl (C=O) groups excluding carboxylic acids is 2. The summed E-state index contributed by atoms with van der Waals surface area (Å²) in [5.41, 5.74) is 3.63. The van der Waals surface area contributed by atoms with Crippen molar-refractivity contribution in [1.29, 1.82) is 0 Å². The molecule has 1 aliphatic rings. The highest BCUT2D eigenvalue weighted by atomic mass is 35.5.